The van der Waals surface area contributed by atoms with Crippen LogP contribution in [0.4, 0.5) is 4.39 Å². The molecular formula is C13H10ClFO2. The molecule has 1 heterocycles. The molecule has 0 aliphatic heterocycles. The molecule has 2 rings (SSSR count). The quantitative estimate of drug-likeness (QED) is 0.778. The van der Waals surface area contributed by atoms with Gasteiger partial charge < -0.3 is 4.42 Å². The topological polar surface area (TPSA) is 30.2 Å². The molecule has 2 nitrogen and oxygen atoms in total. The summed E-state index contributed by atoms with van der Waals surface area (Å²) in [6.07, 6.45) is 0.146. The maximum Gasteiger partial charge on any atom is 0.202 e. The average molecular weight is 253 g/mol. The minimum Gasteiger partial charge on any atom is -0.458 e. The first-order valence-electron chi connectivity index (χ1n) is 5.10. The maximum atomic E-state index is 12.9. The third kappa shape index (κ3) is 2.74. The van der Waals surface area contributed by atoms with Crippen molar-refractivity contribution < 1.29 is 13.6 Å². The van der Waals surface area contributed by atoms with E-state index in [1.165, 1.54) is 18.2 Å². The van der Waals surface area contributed by atoms with Crippen molar-refractivity contribution >= 4 is 17.4 Å². The van der Waals surface area contributed by atoms with Crippen LogP contribution < -0.4 is 0 Å². The minimum atomic E-state index is -0.489. The Kier molecular flexibility index (Phi) is 3.29. The van der Waals surface area contributed by atoms with Gasteiger partial charge in [-0.1, -0.05) is 17.7 Å². The summed E-state index contributed by atoms with van der Waals surface area (Å²) in [5, 5.41) is 0.0194. The molecule has 1 aromatic heterocycles. The maximum absolute atomic E-state index is 12.9. The van der Waals surface area contributed by atoms with Gasteiger partial charge in [0, 0.05) is 6.42 Å². The lowest BCUT2D eigenvalue weighted by Crippen LogP contribution is -2.02. The molecule has 4 heteroatoms. The van der Waals surface area contributed by atoms with Crippen LogP contribution in [0.3, 0.4) is 0 Å². The normalized spacial score (nSPS) is 10.5. The summed E-state index contributed by atoms with van der Waals surface area (Å²) in [5.74, 6) is 0.353. The fourth-order valence-corrected chi connectivity index (χ4v) is 1.71. The molecular weight excluding hydrogens is 243 g/mol. The Morgan fingerprint density at radius 3 is 2.71 bits per heavy atom. The number of hydrogen-bond donors (Lipinski definition) is 0. The van der Waals surface area contributed by atoms with Crippen molar-refractivity contribution in [1.82, 2.24) is 0 Å². The fraction of sp³-hybridized carbons (Fsp3) is 0.154. The summed E-state index contributed by atoms with van der Waals surface area (Å²) < 4.78 is 18.1. The number of Topliss-reactive ketones (excluding diaryl/α,β-unsaturated/α-hetero) is 1. The number of carbonyl (C=O) groups is 1. The third-order valence-electron chi connectivity index (χ3n) is 2.36. The standard InChI is InChI=1S/C13H10ClFO2/c1-8-2-5-13(17-8)12(16)7-9-3-4-11(15)10(14)6-9/h2-6H,7H2,1H3. The van der Waals surface area contributed by atoms with E-state index in [2.05, 4.69) is 0 Å². The monoisotopic (exact) mass is 252 g/mol. The van der Waals surface area contributed by atoms with Crippen molar-refractivity contribution in [3.05, 3.63) is 58.3 Å². The van der Waals surface area contributed by atoms with E-state index in [9.17, 15) is 9.18 Å². The highest BCUT2D eigenvalue weighted by Gasteiger charge is 2.11. The van der Waals surface area contributed by atoms with Gasteiger partial charge in [-0.3, -0.25) is 4.79 Å². The van der Waals surface area contributed by atoms with Gasteiger partial charge in [0.05, 0.1) is 5.02 Å². The second kappa shape index (κ2) is 4.72. The van der Waals surface area contributed by atoms with E-state index >= 15 is 0 Å². The molecule has 0 aliphatic rings. The van der Waals surface area contributed by atoms with Gasteiger partial charge in [-0.15, -0.1) is 0 Å². The molecule has 0 N–H and O–H groups in total. The van der Waals surface area contributed by atoms with E-state index in [1.54, 1.807) is 19.1 Å². The van der Waals surface area contributed by atoms with Crippen molar-refractivity contribution in [2.75, 3.05) is 0 Å². The largest absolute Gasteiger partial charge is 0.458 e. The smallest absolute Gasteiger partial charge is 0.202 e. The molecule has 88 valence electrons. The van der Waals surface area contributed by atoms with Crippen LogP contribution in [0.25, 0.3) is 0 Å². The zero-order chi connectivity index (χ0) is 12.4. The first kappa shape index (κ1) is 11.9. The van der Waals surface area contributed by atoms with Crippen molar-refractivity contribution in [1.29, 1.82) is 0 Å². The van der Waals surface area contributed by atoms with Crippen LogP contribution in [-0.4, -0.2) is 5.78 Å². The van der Waals surface area contributed by atoms with E-state index in [-0.39, 0.29) is 17.2 Å². The first-order chi connectivity index (χ1) is 8.06. The first-order valence-corrected chi connectivity index (χ1v) is 5.47. The van der Waals surface area contributed by atoms with Gasteiger partial charge in [0.25, 0.3) is 0 Å². The number of furan rings is 1. The lowest BCUT2D eigenvalue weighted by molar-refractivity contribution is 0.0965. The number of halogens is 2. The van der Waals surface area contributed by atoms with Gasteiger partial charge in [0.1, 0.15) is 11.6 Å². The molecule has 0 unspecified atom stereocenters. The zero-order valence-corrected chi connectivity index (χ0v) is 9.92. The fourth-order valence-electron chi connectivity index (χ4n) is 1.51. The summed E-state index contributed by atoms with van der Waals surface area (Å²) in [7, 11) is 0. The van der Waals surface area contributed by atoms with Crippen LogP contribution >= 0.6 is 11.6 Å². The molecule has 0 bridgehead atoms. The lowest BCUT2D eigenvalue weighted by Gasteiger charge is -2.00. The van der Waals surface area contributed by atoms with Crippen molar-refractivity contribution in [2.24, 2.45) is 0 Å². The molecule has 0 amide bonds. The van der Waals surface area contributed by atoms with E-state index in [1.807, 2.05) is 0 Å². The van der Waals surface area contributed by atoms with E-state index < -0.39 is 5.82 Å². The van der Waals surface area contributed by atoms with Crippen LogP contribution in [0.5, 0.6) is 0 Å². The Balaban J connectivity index is 2.15. The molecule has 0 aliphatic carbocycles. The van der Waals surface area contributed by atoms with Crippen LogP contribution in [0, 0.1) is 12.7 Å². The third-order valence-corrected chi connectivity index (χ3v) is 2.65. The Morgan fingerprint density at radius 1 is 1.35 bits per heavy atom. The number of carbonyl (C=O) groups excluding carboxylic acids is 1. The molecule has 0 fully saturated rings. The van der Waals surface area contributed by atoms with Crippen LogP contribution in [-0.2, 0) is 6.42 Å². The Bertz CT molecular complexity index is 560. The second-order valence-corrected chi connectivity index (χ2v) is 4.17. The number of rotatable bonds is 3. The van der Waals surface area contributed by atoms with Crippen LogP contribution in [0.1, 0.15) is 21.9 Å². The summed E-state index contributed by atoms with van der Waals surface area (Å²) in [6, 6.07) is 7.59. The average Bonchev–Trinajstić information content (AvgIpc) is 2.70. The number of hydrogen-bond acceptors (Lipinski definition) is 2. The van der Waals surface area contributed by atoms with Crippen molar-refractivity contribution in [2.45, 2.75) is 13.3 Å². The Hall–Kier alpha value is -1.61. The SMILES string of the molecule is Cc1ccc(C(=O)Cc2ccc(F)c(Cl)c2)o1. The minimum absolute atomic E-state index is 0.0194. The summed E-state index contributed by atoms with van der Waals surface area (Å²) >= 11 is 5.64. The van der Waals surface area contributed by atoms with Gasteiger partial charge in [-0.25, -0.2) is 4.39 Å². The molecule has 1 aromatic carbocycles. The summed E-state index contributed by atoms with van der Waals surface area (Å²) in [5.41, 5.74) is 0.662. The number of aryl methyl sites for hydroxylation is 1. The van der Waals surface area contributed by atoms with Gasteiger partial charge in [-0.2, -0.15) is 0 Å². The van der Waals surface area contributed by atoms with Crippen LogP contribution in [0.2, 0.25) is 5.02 Å². The van der Waals surface area contributed by atoms with Crippen molar-refractivity contribution in [3.8, 4) is 0 Å². The molecule has 0 saturated carbocycles. The lowest BCUT2D eigenvalue weighted by atomic mass is 10.1. The van der Waals surface area contributed by atoms with E-state index in [0.717, 1.165) is 0 Å². The second-order valence-electron chi connectivity index (χ2n) is 3.76. The molecule has 0 spiro atoms. The molecule has 0 radical (unpaired) electrons. The predicted octanol–water partition coefficient (Wildman–Crippen LogP) is 3.81. The van der Waals surface area contributed by atoms with Gasteiger partial charge in [0.15, 0.2) is 5.76 Å². The van der Waals surface area contributed by atoms with Gasteiger partial charge in [-0.05, 0) is 36.8 Å². The number of benzene rings is 1. The highest BCUT2D eigenvalue weighted by atomic mass is 35.5. The predicted molar refractivity (Wildman–Crippen MR) is 62.9 cm³/mol. The Labute approximate surface area is 103 Å². The molecule has 2 aromatic rings. The van der Waals surface area contributed by atoms with E-state index in [0.29, 0.717) is 17.1 Å². The van der Waals surface area contributed by atoms with Gasteiger partial charge in [0.2, 0.25) is 5.78 Å². The zero-order valence-electron chi connectivity index (χ0n) is 9.17. The molecule has 17 heavy (non-hydrogen) atoms. The number of ketones is 1. The van der Waals surface area contributed by atoms with Crippen molar-refractivity contribution in [3.63, 3.8) is 0 Å². The summed E-state index contributed by atoms with van der Waals surface area (Å²) in [4.78, 5) is 11.8. The van der Waals surface area contributed by atoms with Crippen LogP contribution in [0.15, 0.2) is 34.7 Å². The highest BCUT2D eigenvalue weighted by Crippen LogP contribution is 2.18. The molecule has 0 saturated heterocycles. The Morgan fingerprint density at radius 2 is 2.12 bits per heavy atom. The molecule has 0 atom stereocenters. The highest BCUT2D eigenvalue weighted by molar-refractivity contribution is 6.30. The van der Waals surface area contributed by atoms with Gasteiger partial charge >= 0.3 is 0 Å². The van der Waals surface area contributed by atoms with E-state index in [4.69, 9.17) is 16.0 Å². The summed E-state index contributed by atoms with van der Waals surface area (Å²) in [6.45, 7) is 1.77.